The van der Waals surface area contributed by atoms with Gasteiger partial charge in [0.2, 0.25) is 0 Å². The summed E-state index contributed by atoms with van der Waals surface area (Å²) in [4.78, 5) is 24.4. The number of hydrogen-bond acceptors (Lipinski definition) is 4. The number of hydrogen-bond donors (Lipinski definition) is 0. The Balaban J connectivity index is 1.65. The average Bonchev–Trinajstić information content (AvgIpc) is 2.72. The first-order valence-electron chi connectivity index (χ1n) is 9.66. The van der Waals surface area contributed by atoms with E-state index in [1.807, 2.05) is 0 Å². The Morgan fingerprint density at radius 3 is 2.03 bits per heavy atom. The summed E-state index contributed by atoms with van der Waals surface area (Å²) >= 11 is 0. The summed E-state index contributed by atoms with van der Waals surface area (Å²) in [5.41, 5.74) is -0.539. The van der Waals surface area contributed by atoms with Crippen molar-refractivity contribution in [3.63, 3.8) is 0 Å². The van der Waals surface area contributed by atoms with E-state index in [0.717, 1.165) is 44.2 Å². The molecule has 0 radical (unpaired) electrons. The molecule has 1 aliphatic carbocycles. The van der Waals surface area contributed by atoms with E-state index in [2.05, 4.69) is 6.92 Å². The Morgan fingerprint density at radius 2 is 1.47 bits per heavy atom. The first kappa shape index (κ1) is 21.8. The molecule has 0 unspecified atom stereocenters. The molecule has 0 spiro atoms. The van der Waals surface area contributed by atoms with Crippen molar-refractivity contribution in [2.75, 3.05) is 0 Å². The smallest absolute Gasteiger partial charge is 0.346 e. The fourth-order valence-electron chi connectivity index (χ4n) is 3.48. The summed E-state index contributed by atoms with van der Waals surface area (Å²) in [7, 11) is 0. The average molecular weight is 424 g/mol. The van der Waals surface area contributed by atoms with Crippen LogP contribution in [0.15, 0.2) is 30.3 Å². The van der Waals surface area contributed by atoms with Crippen LogP contribution in [0.3, 0.4) is 0 Å². The maximum absolute atomic E-state index is 14.3. The molecule has 8 heteroatoms. The molecule has 0 bridgehead atoms. The molecule has 0 amide bonds. The number of carbonyl (C=O) groups excluding carboxylic acids is 2. The topological polar surface area (TPSA) is 52.6 Å². The van der Waals surface area contributed by atoms with Gasteiger partial charge in [0.15, 0.2) is 17.5 Å². The van der Waals surface area contributed by atoms with Crippen molar-refractivity contribution < 1.29 is 36.6 Å². The van der Waals surface area contributed by atoms with Crippen LogP contribution >= 0.6 is 0 Å². The van der Waals surface area contributed by atoms with Crippen molar-refractivity contribution in [3.05, 3.63) is 59.2 Å². The summed E-state index contributed by atoms with van der Waals surface area (Å²) in [5, 5.41) is 0. The molecule has 2 aromatic rings. The lowest BCUT2D eigenvalue weighted by atomic mass is 9.81. The van der Waals surface area contributed by atoms with E-state index in [1.54, 1.807) is 0 Å². The van der Waals surface area contributed by atoms with Crippen LogP contribution in [-0.2, 0) is 4.79 Å². The van der Waals surface area contributed by atoms with Gasteiger partial charge in [-0.1, -0.05) is 13.3 Å². The number of rotatable bonds is 5. The second-order valence-electron chi connectivity index (χ2n) is 7.28. The van der Waals surface area contributed by atoms with Crippen molar-refractivity contribution in [2.24, 2.45) is 11.8 Å². The molecule has 0 N–H and O–H groups in total. The van der Waals surface area contributed by atoms with Crippen molar-refractivity contribution >= 4 is 11.9 Å². The first-order chi connectivity index (χ1) is 14.3. The van der Waals surface area contributed by atoms with Gasteiger partial charge in [0.25, 0.3) is 0 Å². The molecule has 1 aliphatic rings. The molecule has 0 aromatic heterocycles. The highest BCUT2D eigenvalue weighted by Gasteiger charge is 2.27. The standard InChI is InChI=1S/C22H20F4O4/c1-2-12-3-5-13(6-4-12)21(27)29-14-7-8-16(17(23)9-14)22(28)30-15-10-18(24)20(26)19(25)11-15/h7-13H,2-6H2,1H3. The van der Waals surface area contributed by atoms with Crippen LogP contribution in [0.2, 0.25) is 0 Å². The molecule has 3 rings (SSSR count). The minimum absolute atomic E-state index is 0.0643. The molecule has 30 heavy (non-hydrogen) atoms. The van der Waals surface area contributed by atoms with Gasteiger partial charge in [-0.25, -0.2) is 22.4 Å². The zero-order valence-corrected chi connectivity index (χ0v) is 16.2. The predicted molar refractivity (Wildman–Crippen MR) is 99.0 cm³/mol. The van der Waals surface area contributed by atoms with Crippen LogP contribution in [0.4, 0.5) is 17.6 Å². The van der Waals surface area contributed by atoms with Crippen molar-refractivity contribution in [1.82, 2.24) is 0 Å². The molecule has 0 heterocycles. The van der Waals surface area contributed by atoms with Crippen molar-refractivity contribution in [1.29, 1.82) is 0 Å². The van der Waals surface area contributed by atoms with Crippen LogP contribution < -0.4 is 9.47 Å². The van der Waals surface area contributed by atoms with Gasteiger partial charge in [-0.15, -0.1) is 0 Å². The number of esters is 2. The second kappa shape index (κ2) is 9.28. The van der Waals surface area contributed by atoms with Gasteiger partial charge < -0.3 is 9.47 Å². The number of benzene rings is 2. The first-order valence-corrected chi connectivity index (χ1v) is 9.66. The van der Waals surface area contributed by atoms with E-state index in [0.29, 0.717) is 18.1 Å². The van der Waals surface area contributed by atoms with Crippen molar-refractivity contribution in [3.8, 4) is 11.5 Å². The molecular weight excluding hydrogens is 404 g/mol. The van der Waals surface area contributed by atoms with Crippen LogP contribution in [0.25, 0.3) is 0 Å². The Morgan fingerprint density at radius 1 is 0.867 bits per heavy atom. The van der Waals surface area contributed by atoms with E-state index in [4.69, 9.17) is 9.47 Å². The third kappa shape index (κ3) is 4.98. The molecule has 0 saturated heterocycles. The molecule has 160 valence electrons. The number of carbonyl (C=O) groups is 2. The molecule has 1 saturated carbocycles. The van der Waals surface area contributed by atoms with Crippen molar-refractivity contribution in [2.45, 2.75) is 39.0 Å². The number of ether oxygens (including phenoxy) is 2. The largest absolute Gasteiger partial charge is 0.426 e. The Kier molecular flexibility index (Phi) is 6.74. The maximum atomic E-state index is 14.3. The van der Waals surface area contributed by atoms with Gasteiger partial charge in [-0.05, 0) is 43.7 Å². The lowest BCUT2D eigenvalue weighted by molar-refractivity contribution is -0.140. The lowest BCUT2D eigenvalue weighted by Crippen LogP contribution is -2.25. The third-order valence-electron chi connectivity index (χ3n) is 5.30. The molecule has 4 nitrogen and oxygen atoms in total. The van der Waals surface area contributed by atoms with Crippen LogP contribution in [0, 0.1) is 35.1 Å². The molecule has 0 atom stereocenters. The van der Waals surface area contributed by atoms with Crippen LogP contribution in [0.1, 0.15) is 49.4 Å². The van der Waals surface area contributed by atoms with Crippen LogP contribution in [0.5, 0.6) is 11.5 Å². The Hall–Kier alpha value is -2.90. The second-order valence-corrected chi connectivity index (χ2v) is 7.28. The number of halogens is 4. The monoisotopic (exact) mass is 424 g/mol. The SMILES string of the molecule is CCC1CCC(C(=O)Oc2ccc(C(=O)Oc3cc(F)c(F)c(F)c3)c(F)c2)CC1. The fourth-order valence-corrected chi connectivity index (χ4v) is 3.48. The molecule has 1 fully saturated rings. The summed E-state index contributed by atoms with van der Waals surface area (Å²) in [6, 6.07) is 4.05. The van der Waals surface area contributed by atoms with Gasteiger partial charge in [-0.3, -0.25) is 4.79 Å². The van der Waals surface area contributed by atoms with E-state index >= 15 is 0 Å². The Labute approximate surface area is 170 Å². The summed E-state index contributed by atoms with van der Waals surface area (Å²) in [6.45, 7) is 2.11. The highest BCUT2D eigenvalue weighted by atomic mass is 19.2. The fraction of sp³-hybridized carbons (Fsp3) is 0.364. The van der Waals surface area contributed by atoms with Gasteiger partial charge in [0.1, 0.15) is 17.3 Å². The summed E-state index contributed by atoms with van der Waals surface area (Å²) in [5.74, 6) is -7.85. The molecule has 0 aliphatic heterocycles. The third-order valence-corrected chi connectivity index (χ3v) is 5.30. The zero-order chi connectivity index (χ0) is 21.8. The minimum atomic E-state index is -1.71. The van der Waals surface area contributed by atoms with Gasteiger partial charge in [0, 0.05) is 18.2 Å². The van der Waals surface area contributed by atoms with Gasteiger partial charge in [-0.2, -0.15) is 0 Å². The quantitative estimate of drug-likeness (QED) is 0.272. The van der Waals surface area contributed by atoms with E-state index in [-0.39, 0.29) is 11.7 Å². The normalized spacial score (nSPS) is 18.7. The minimum Gasteiger partial charge on any atom is -0.426 e. The predicted octanol–water partition coefficient (Wildman–Crippen LogP) is 5.58. The molecule has 2 aromatic carbocycles. The van der Waals surface area contributed by atoms with Gasteiger partial charge >= 0.3 is 11.9 Å². The molecular formula is C22H20F4O4. The highest BCUT2D eigenvalue weighted by molar-refractivity contribution is 5.91. The summed E-state index contributed by atoms with van der Waals surface area (Å²) < 4.78 is 63.6. The Bertz CT molecular complexity index is 929. The maximum Gasteiger partial charge on any atom is 0.346 e. The van der Waals surface area contributed by atoms with E-state index in [1.165, 1.54) is 6.07 Å². The van der Waals surface area contributed by atoms with E-state index in [9.17, 15) is 27.2 Å². The lowest BCUT2D eigenvalue weighted by Gasteiger charge is -2.26. The van der Waals surface area contributed by atoms with Gasteiger partial charge in [0.05, 0.1) is 11.5 Å². The zero-order valence-electron chi connectivity index (χ0n) is 16.2. The van der Waals surface area contributed by atoms with Crippen LogP contribution in [-0.4, -0.2) is 11.9 Å². The summed E-state index contributed by atoms with van der Waals surface area (Å²) in [6.07, 6.45) is 4.39. The van der Waals surface area contributed by atoms with E-state index < -0.39 is 46.5 Å². The highest BCUT2D eigenvalue weighted by Crippen LogP contribution is 2.32.